The predicted octanol–water partition coefficient (Wildman–Crippen LogP) is 2.86. The molecule has 0 amide bonds. The minimum Gasteiger partial charge on any atom is -0.379 e. The monoisotopic (exact) mass is 425 g/mol. The van der Waals surface area contributed by atoms with Crippen molar-refractivity contribution in [3.63, 3.8) is 0 Å². The third-order valence-corrected chi connectivity index (χ3v) is 5.32. The first-order valence-electron chi connectivity index (χ1n) is 10.7. The number of nitro benzene ring substituents is 1. The Bertz CT molecular complexity index is 864. The van der Waals surface area contributed by atoms with Gasteiger partial charge in [-0.3, -0.25) is 15.0 Å². The molecule has 166 valence electrons. The topological polar surface area (TPSA) is 92.0 Å². The van der Waals surface area contributed by atoms with Crippen LogP contribution in [0.3, 0.4) is 0 Å². The Morgan fingerprint density at radius 2 is 1.87 bits per heavy atom. The van der Waals surface area contributed by atoms with Crippen molar-refractivity contribution in [3.8, 4) is 0 Å². The molecule has 0 bridgehead atoms. The van der Waals surface area contributed by atoms with Crippen LogP contribution in [0.4, 0.5) is 5.69 Å². The van der Waals surface area contributed by atoms with E-state index >= 15 is 0 Å². The minimum atomic E-state index is -0.391. The summed E-state index contributed by atoms with van der Waals surface area (Å²) in [5, 5.41) is 17.7. The molecule has 0 saturated carbocycles. The Balaban J connectivity index is 1.56. The minimum absolute atomic E-state index is 0.0897. The molecular weight excluding hydrogens is 394 g/mol. The molecule has 31 heavy (non-hydrogen) atoms. The Morgan fingerprint density at radius 3 is 2.58 bits per heavy atom. The number of hydrogen-bond acceptors (Lipinski definition) is 5. The van der Waals surface area contributed by atoms with Crippen molar-refractivity contribution < 1.29 is 9.66 Å². The highest BCUT2D eigenvalue weighted by molar-refractivity contribution is 5.79. The molecule has 0 aliphatic carbocycles. The van der Waals surface area contributed by atoms with Gasteiger partial charge in [-0.05, 0) is 36.6 Å². The molecule has 0 spiro atoms. The molecule has 3 rings (SSSR count). The number of morpholine rings is 1. The number of guanidine groups is 1. The van der Waals surface area contributed by atoms with Crippen LogP contribution in [0.5, 0.6) is 0 Å². The van der Waals surface area contributed by atoms with Crippen LogP contribution in [0.1, 0.15) is 23.1 Å². The van der Waals surface area contributed by atoms with Crippen molar-refractivity contribution in [2.45, 2.75) is 26.4 Å². The first-order valence-corrected chi connectivity index (χ1v) is 10.7. The highest BCUT2D eigenvalue weighted by atomic mass is 16.6. The molecule has 1 heterocycles. The van der Waals surface area contributed by atoms with Crippen LogP contribution in [0, 0.1) is 17.0 Å². The molecule has 0 atom stereocenters. The molecule has 0 aromatic heterocycles. The highest BCUT2D eigenvalue weighted by Crippen LogP contribution is 2.12. The molecule has 2 aromatic rings. The third-order valence-electron chi connectivity index (χ3n) is 5.32. The van der Waals surface area contributed by atoms with E-state index in [0.717, 1.165) is 57.3 Å². The van der Waals surface area contributed by atoms with Crippen LogP contribution in [-0.2, 0) is 17.8 Å². The van der Waals surface area contributed by atoms with Crippen LogP contribution in [0.2, 0.25) is 0 Å². The van der Waals surface area contributed by atoms with Crippen molar-refractivity contribution >= 4 is 11.6 Å². The zero-order valence-corrected chi connectivity index (χ0v) is 18.0. The predicted molar refractivity (Wildman–Crippen MR) is 122 cm³/mol. The van der Waals surface area contributed by atoms with Gasteiger partial charge in [0.2, 0.25) is 0 Å². The number of nitrogens with zero attached hydrogens (tertiary/aromatic N) is 3. The lowest BCUT2D eigenvalue weighted by Gasteiger charge is -2.26. The molecule has 1 saturated heterocycles. The van der Waals surface area contributed by atoms with Gasteiger partial charge in [0.1, 0.15) is 0 Å². The number of aryl methyl sites for hydroxylation is 1. The highest BCUT2D eigenvalue weighted by Gasteiger charge is 2.10. The maximum Gasteiger partial charge on any atom is 0.269 e. The Hall–Kier alpha value is -2.97. The maximum atomic E-state index is 10.8. The number of nitro groups is 1. The van der Waals surface area contributed by atoms with E-state index in [1.807, 2.05) is 12.1 Å². The third kappa shape index (κ3) is 7.66. The average Bonchev–Trinajstić information content (AvgIpc) is 2.80. The van der Waals surface area contributed by atoms with Gasteiger partial charge in [0.05, 0.1) is 24.7 Å². The molecule has 8 heteroatoms. The molecule has 2 N–H and O–H groups in total. The number of non-ortho nitro benzene ring substituents is 1. The summed E-state index contributed by atoms with van der Waals surface area (Å²) in [6.45, 7) is 8.69. The second-order valence-corrected chi connectivity index (χ2v) is 7.60. The molecule has 1 aliphatic rings. The van der Waals surface area contributed by atoms with Crippen molar-refractivity contribution in [1.82, 2.24) is 15.5 Å². The first-order chi connectivity index (χ1) is 15.1. The molecule has 2 aromatic carbocycles. The molecular formula is C23H31N5O3. The molecule has 0 radical (unpaired) electrons. The summed E-state index contributed by atoms with van der Waals surface area (Å²) < 4.78 is 5.40. The Kier molecular flexibility index (Phi) is 8.81. The fraction of sp³-hybridized carbons (Fsp3) is 0.435. The van der Waals surface area contributed by atoms with E-state index < -0.39 is 4.92 Å². The van der Waals surface area contributed by atoms with Crippen molar-refractivity contribution in [1.29, 1.82) is 0 Å². The van der Waals surface area contributed by atoms with Gasteiger partial charge >= 0.3 is 0 Å². The number of hydrogen-bond donors (Lipinski definition) is 2. The molecule has 1 fully saturated rings. The Morgan fingerprint density at radius 1 is 1.13 bits per heavy atom. The lowest BCUT2D eigenvalue weighted by molar-refractivity contribution is -0.384. The number of aliphatic imine (C=N–C) groups is 1. The largest absolute Gasteiger partial charge is 0.379 e. The number of ether oxygens (including phenoxy) is 1. The van der Waals surface area contributed by atoms with Gasteiger partial charge < -0.3 is 15.4 Å². The maximum absolute atomic E-state index is 10.8. The van der Waals surface area contributed by atoms with Gasteiger partial charge in [0.25, 0.3) is 5.69 Å². The lowest BCUT2D eigenvalue weighted by Crippen LogP contribution is -2.40. The fourth-order valence-corrected chi connectivity index (χ4v) is 3.39. The fourth-order valence-electron chi connectivity index (χ4n) is 3.39. The average molecular weight is 426 g/mol. The van der Waals surface area contributed by atoms with E-state index in [9.17, 15) is 10.1 Å². The van der Waals surface area contributed by atoms with E-state index in [4.69, 9.17) is 4.74 Å². The SMILES string of the molecule is Cc1ccccc1CNC(=NCc1ccc([N+](=O)[O-])cc1)NCCCN1CCOCC1. The van der Waals surface area contributed by atoms with Gasteiger partial charge in [-0.15, -0.1) is 0 Å². The van der Waals surface area contributed by atoms with Gasteiger partial charge in [-0.2, -0.15) is 0 Å². The summed E-state index contributed by atoms with van der Waals surface area (Å²) in [6, 6.07) is 14.8. The molecule has 1 aliphatic heterocycles. The lowest BCUT2D eigenvalue weighted by atomic mass is 10.1. The number of benzene rings is 2. The quantitative estimate of drug-likeness (QED) is 0.211. The summed E-state index contributed by atoms with van der Waals surface area (Å²) in [7, 11) is 0. The van der Waals surface area contributed by atoms with Crippen LogP contribution in [0.25, 0.3) is 0 Å². The first kappa shape index (κ1) is 22.7. The van der Waals surface area contributed by atoms with Crippen LogP contribution in [-0.4, -0.2) is 55.2 Å². The van der Waals surface area contributed by atoms with E-state index in [1.54, 1.807) is 12.1 Å². The summed E-state index contributed by atoms with van der Waals surface area (Å²) in [5.74, 6) is 0.739. The number of nitrogens with one attached hydrogen (secondary N) is 2. The summed E-state index contributed by atoms with van der Waals surface area (Å²) in [4.78, 5) is 17.5. The van der Waals surface area contributed by atoms with Gasteiger partial charge in [-0.25, -0.2) is 4.99 Å². The normalized spacial score (nSPS) is 14.9. The standard InChI is InChI=1S/C23H31N5O3/c1-19-5-2-3-6-21(19)18-26-23(24-11-4-12-27-13-15-31-16-14-27)25-17-20-7-9-22(10-8-20)28(29)30/h2-3,5-10H,4,11-18H2,1H3,(H2,24,25,26). The molecule has 8 nitrogen and oxygen atoms in total. The Labute approximate surface area is 183 Å². The summed E-state index contributed by atoms with van der Waals surface area (Å²) in [5.41, 5.74) is 3.47. The zero-order valence-electron chi connectivity index (χ0n) is 18.0. The van der Waals surface area contributed by atoms with E-state index in [2.05, 4.69) is 39.6 Å². The number of rotatable bonds is 9. The van der Waals surface area contributed by atoms with Crippen LogP contribution < -0.4 is 10.6 Å². The molecule has 0 unspecified atom stereocenters. The smallest absolute Gasteiger partial charge is 0.269 e. The van der Waals surface area contributed by atoms with Gasteiger partial charge in [0.15, 0.2) is 5.96 Å². The van der Waals surface area contributed by atoms with Crippen LogP contribution >= 0.6 is 0 Å². The second-order valence-electron chi connectivity index (χ2n) is 7.60. The van der Waals surface area contributed by atoms with Gasteiger partial charge in [-0.1, -0.05) is 36.4 Å². The summed E-state index contributed by atoms with van der Waals surface area (Å²) >= 11 is 0. The second kappa shape index (κ2) is 12.0. The van der Waals surface area contributed by atoms with E-state index in [1.165, 1.54) is 23.3 Å². The van der Waals surface area contributed by atoms with Gasteiger partial charge in [0, 0.05) is 38.3 Å². The zero-order chi connectivity index (χ0) is 21.9. The van der Waals surface area contributed by atoms with E-state index in [-0.39, 0.29) is 5.69 Å². The van der Waals surface area contributed by atoms with Crippen molar-refractivity contribution in [3.05, 3.63) is 75.3 Å². The summed E-state index contributed by atoms with van der Waals surface area (Å²) in [6.07, 6.45) is 1.02. The van der Waals surface area contributed by atoms with Crippen molar-refractivity contribution in [2.75, 3.05) is 39.4 Å². The van der Waals surface area contributed by atoms with E-state index in [0.29, 0.717) is 13.1 Å². The van der Waals surface area contributed by atoms with Crippen LogP contribution in [0.15, 0.2) is 53.5 Å². The van der Waals surface area contributed by atoms with Crippen molar-refractivity contribution in [2.24, 2.45) is 4.99 Å².